The SMILES string of the molecule is CC(NC1=NC2CCCCC2N1)c1ccns1.I. The topological polar surface area (TPSA) is 49.3 Å². The predicted octanol–water partition coefficient (Wildman–Crippen LogP) is 2.68. The van der Waals surface area contributed by atoms with Crippen molar-refractivity contribution in [3.8, 4) is 0 Å². The Labute approximate surface area is 129 Å². The van der Waals surface area contributed by atoms with E-state index in [2.05, 4.69) is 28.0 Å². The number of nitrogens with one attached hydrogen (secondary N) is 2. The van der Waals surface area contributed by atoms with E-state index in [0.717, 1.165) is 5.96 Å². The molecular formula is C12H19IN4S. The second kappa shape index (κ2) is 6.18. The van der Waals surface area contributed by atoms with Crippen LogP contribution < -0.4 is 10.6 Å². The number of guanidine groups is 1. The van der Waals surface area contributed by atoms with E-state index in [4.69, 9.17) is 4.99 Å². The van der Waals surface area contributed by atoms with Gasteiger partial charge in [-0.15, -0.1) is 24.0 Å². The fourth-order valence-corrected chi connectivity index (χ4v) is 3.20. The predicted molar refractivity (Wildman–Crippen MR) is 85.7 cm³/mol. The maximum absolute atomic E-state index is 4.74. The molecule has 2 N–H and O–H groups in total. The first-order valence-electron chi connectivity index (χ1n) is 6.34. The van der Waals surface area contributed by atoms with E-state index < -0.39 is 0 Å². The number of halogens is 1. The molecule has 0 amide bonds. The van der Waals surface area contributed by atoms with Gasteiger partial charge >= 0.3 is 0 Å². The summed E-state index contributed by atoms with van der Waals surface area (Å²) in [7, 11) is 0. The molecule has 4 nitrogen and oxygen atoms in total. The van der Waals surface area contributed by atoms with Gasteiger partial charge in [-0.1, -0.05) is 12.8 Å². The molecule has 0 aromatic carbocycles. The first-order valence-corrected chi connectivity index (χ1v) is 7.12. The van der Waals surface area contributed by atoms with Crippen molar-refractivity contribution in [2.24, 2.45) is 4.99 Å². The molecule has 1 saturated carbocycles. The van der Waals surface area contributed by atoms with E-state index in [1.165, 1.54) is 30.6 Å². The minimum absolute atomic E-state index is 0. The molecule has 0 bridgehead atoms. The zero-order chi connectivity index (χ0) is 11.7. The third-order valence-electron chi connectivity index (χ3n) is 3.58. The monoisotopic (exact) mass is 378 g/mol. The lowest BCUT2D eigenvalue weighted by Crippen LogP contribution is -2.42. The van der Waals surface area contributed by atoms with Gasteiger partial charge in [0.25, 0.3) is 0 Å². The molecule has 0 spiro atoms. The van der Waals surface area contributed by atoms with E-state index in [9.17, 15) is 0 Å². The van der Waals surface area contributed by atoms with E-state index in [-0.39, 0.29) is 30.0 Å². The van der Waals surface area contributed by atoms with Gasteiger partial charge in [-0.05, 0) is 37.4 Å². The van der Waals surface area contributed by atoms with Gasteiger partial charge in [-0.3, -0.25) is 0 Å². The number of aliphatic imine (C=N–C) groups is 1. The molecule has 1 aromatic heterocycles. The van der Waals surface area contributed by atoms with E-state index in [1.54, 1.807) is 11.5 Å². The molecule has 3 unspecified atom stereocenters. The van der Waals surface area contributed by atoms with Gasteiger partial charge in [-0.2, -0.15) is 0 Å². The molecule has 3 atom stereocenters. The summed E-state index contributed by atoms with van der Waals surface area (Å²) in [6.45, 7) is 2.15. The van der Waals surface area contributed by atoms with Crippen LogP contribution in [0, 0.1) is 0 Å². The normalized spacial score (nSPS) is 27.5. The number of rotatable bonds is 2. The first-order chi connectivity index (χ1) is 8.33. The molecule has 100 valence electrons. The Morgan fingerprint density at radius 2 is 2.28 bits per heavy atom. The van der Waals surface area contributed by atoms with E-state index >= 15 is 0 Å². The molecule has 2 aliphatic rings. The molecule has 2 heterocycles. The Morgan fingerprint density at radius 1 is 1.44 bits per heavy atom. The zero-order valence-corrected chi connectivity index (χ0v) is 13.6. The highest BCUT2D eigenvalue weighted by Gasteiger charge is 2.31. The molecule has 1 aliphatic carbocycles. The zero-order valence-electron chi connectivity index (χ0n) is 10.4. The first kappa shape index (κ1) is 14.0. The average molecular weight is 378 g/mol. The Morgan fingerprint density at radius 3 is 3.00 bits per heavy atom. The van der Waals surface area contributed by atoms with Crippen LogP contribution in [0.15, 0.2) is 17.3 Å². The molecule has 18 heavy (non-hydrogen) atoms. The summed E-state index contributed by atoms with van der Waals surface area (Å²) in [5.41, 5.74) is 0. The highest BCUT2D eigenvalue weighted by Crippen LogP contribution is 2.25. The van der Waals surface area contributed by atoms with Crippen LogP contribution >= 0.6 is 35.5 Å². The van der Waals surface area contributed by atoms with Crippen LogP contribution in [0.2, 0.25) is 0 Å². The Hall–Kier alpha value is -0.370. The quantitative estimate of drug-likeness (QED) is 0.779. The van der Waals surface area contributed by atoms with Crippen LogP contribution in [0.5, 0.6) is 0 Å². The molecule has 6 heteroatoms. The molecular weight excluding hydrogens is 359 g/mol. The smallest absolute Gasteiger partial charge is 0.192 e. The average Bonchev–Trinajstić information content (AvgIpc) is 2.97. The minimum atomic E-state index is 0. The van der Waals surface area contributed by atoms with Crippen LogP contribution in [0.25, 0.3) is 0 Å². The third kappa shape index (κ3) is 2.96. The Bertz CT molecular complexity index is 406. The van der Waals surface area contributed by atoms with Crippen molar-refractivity contribution in [2.75, 3.05) is 0 Å². The summed E-state index contributed by atoms with van der Waals surface area (Å²) in [5, 5.41) is 6.96. The van der Waals surface area contributed by atoms with Crippen LogP contribution in [0.3, 0.4) is 0 Å². The fourth-order valence-electron chi connectivity index (χ4n) is 2.62. The van der Waals surface area contributed by atoms with Crippen LogP contribution in [0.1, 0.15) is 43.5 Å². The van der Waals surface area contributed by atoms with Crippen molar-refractivity contribution in [1.82, 2.24) is 15.0 Å². The van der Waals surface area contributed by atoms with Gasteiger partial charge in [0.1, 0.15) is 0 Å². The number of aromatic nitrogens is 1. The van der Waals surface area contributed by atoms with Gasteiger partial charge in [-0.25, -0.2) is 9.37 Å². The lowest BCUT2D eigenvalue weighted by molar-refractivity contribution is 0.384. The Balaban J connectivity index is 0.00000120. The highest BCUT2D eigenvalue weighted by atomic mass is 127. The second-order valence-electron chi connectivity index (χ2n) is 4.86. The van der Waals surface area contributed by atoms with Crippen molar-refractivity contribution < 1.29 is 0 Å². The highest BCUT2D eigenvalue weighted by molar-refractivity contribution is 14.0. The number of hydrogen-bond donors (Lipinski definition) is 2. The summed E-state index contributed by atoms with van der Waals surface area (Å²) in [4.78, 5) is 5.99. The third-order valence-corrected chi connectivity index (χ3v) is 4.51. The standard InChI is InChI=1S/C12H18N4S.HI/c1-8(11-6-7-13-17-11)14-12-15-9-4-2-3-5-10(9)16-12;/h6-10H,2-5H2,1H3,(H2,14,15,16);1H. The molecule has 1 aromatic rings. The van der Waals surface area contributed by atoms with Crippen LogP contribution in [-0.2, 0) is 0 Å². The Kier molecular flexibility index (Phi) is 4.83. The number of nitrogens with zero attached hydrogens (tertiary/aromatic N) is 2. The summed E-state index contributed by atoms with van der Waals surface area (Å²) in [6, 6.07) is 3.42. The maximum Gasteiger partial charge on any atom is 0.192 e. The molecule has 1 aliphatic heterocycles. The second-order valence-corrected chi connectivity index (χ2v) is 5.73. The van der Waals surface area contributed by atoms with Crippen molar-refractivity contribution in [3.63, 3.8) is 0 Å². The fraction of sp³-hybridized carbons (Fsp3) is 0.667. The number of hydrogen-bond acceptors (Lipinski definition) is 5. The molecule has 0 saturated heterocycles. The van der Waals surface area contributed by atoms with Gasteiger partial charge in [0.15, 0.2) is 5.96 Å². The van der Waals surface area contributed by atoms with Crippen molar-refractivity contribution >= 4 is 41.5 Å². The lowest BCUT2D eigenvalue weighted by atomic mass is 9.92. The lowest BCUT2D eigenvalue weighted by Gasteiger charge is -2.23. The largest absolute Gasteiger partial charge is 0.351 e. The molecule has 0 radical (unpaired) electrons. The summed E-state index contributed by atoms with van der Waals surface area (Å²) >= 11 is 1.54. The van der Waals surface area contributed by atoms with Crippen molar-refractivity contribution in [1.29, 1.82) is 0 Å². The van der Waals surface area contributed by atoms with E-state index in [1.807, 2.05) is 6.20 Å². The molecule has 3 rings (SSSR count). The van der Waals surface area contributed by atoms with Crippen molar-refractivity contribution in [2.45, 2.75) is 50.7 Å². The van der Waals surface area contributed by atoms with Gasteiger partial charge in [0, 0.05) is 11.1 Å². The van der Waals surface area contributed by atoms with Crippen molar-refractivity contribution in [3.05, 3.63) is 17.1 Å². The van der Waals surface area contributed by atoms with Gasteiger partial charge < -0.3 is 10.6 Å². The number of fused-ring (bicyclic) bond motifs is 1. The van der Waals surface area contributed by atoms with E-state index in [0.29, 0.717) is 12.1 Å². The summed E-state index contributed by atoms with van der Waals surface area (Å²) < 4.78 is 4.13. The van der Waals surface area contributed by atoms with Gasteiger partial charge in [0.05, 0.1) is 18.1 Å². The summed E-state index contributed by atoms with van der Waals surface area (Å²) in [5.74, 6) is 0.975. The minimum Gasteiger partial charge on any atom is -0.351 e. The van der Waals surface area contributed by atoms with Gasteiger partial charge in [0.2, 0.25) is 0 Å². The van der Waals surface area contributed by atoms with Crippen LogP contribution in [0.4, 0.5) is 0 Å². The van der Waals surface area contributed by atoms with Crippen LogP contribution in [-0.4, -0.2) is 22.4 Å². The maximum atomic E-state index is 4.74. The summed E-state index contributed by atoms with van der Waals surface area (Å²) in [6.07, 6.45) is 7.00. The molecule has 1 fully saturated rings.